The van der Waals surface area contributed by atoms with Gasteiger partial charge in [-0.25, -0.2) is 4.98 Å². The summed E-state index contributed by atoms with van der Waals surface area (Å²) in [6.07, 6.45) is 0. The van der Waals surface area contributed by atoms with Gasteiger partial charge in [0, 0.05) is 19.0 Å². The van der Waals surface area contributed by atoms with E-state index in [1.165, 1.54) is 4.90 Å². The molecule has 6 heteroatoms. The normalized spacial score (nSPS) is 11.4. The largest absolute Gasteiger partial charge is 0.396 e. The Labute approximate surface area is 111 Å². The Bertz CT molecular complexity index is 422. The summed E-state index contributed by atoms with van der Waals surface area (Å²) in [7, 11) is 1.59. The zero-order valence-electron chi connectivity index (χ0n) is 10.4. The highest BCUT2D eigenvalue weighted by Gasteiger charge is 2.27. The van der Waals surface area contributed by atoms with Gasteiger partial charge in [-0.05, 0) is 12.1 Å². The second-order valence-corrected chi connectivity index (χ2v) is 5.02. The van der Waals surface area contributed by atoms with Crippen molar-refractivity contribution in [3.05, 3.63) is 29.0 Å². The van der Waals surface area contributed by atoms with Gasteiger partial charge in [0.05, 0.1) is 13.2 Å². The van der Waals surface area contributed by atoms with Crippen LogP contribution in [0.4, 0.5) is 0 Å². The van der Waals surface area contributed by atoms with Gasteiger partial charge >= 0.3 is 0 Å². The quantitative estimate of drug-likeness (QED) is 0.778. The molecule has 0 aliphatic carbocycles. The number of carbonyl (C=O) groups is 1. The zero-order valence-corrected chi connectivity index (χ0v) is 11.2. The molecule has 1 amide bonds. The number of halogens is 1. The van der Waals surface area contributed by atoms with Crippen LogP contribution < -0.4 is 0 Å². The van der Waals surface area contributed by atoms with Gasteiger partial charge in [0.25, 0.3) is 5.91 Å². The van der Waals surface area contributed by atoms with Gasteiger partial charge in [0.15, 0.2) is 0 Å². The maximum atomic E-state index is 12.0. The maximum absolute atomic E-state index is 12.0. The third-order valence-electron chi connectivity index (χ3n) is 2.66. The number of aromatic nitrogens is 1. The second-order valence-electron chi connectivity index (χ2n) is 4.63. The molecular formula is C12H17ClN2O3. The molecule has 0 atom stereocenters. The van der Waals surface area contributed by atoms with E-state index in [9.17, 15) is 15.0 Å². The molecule has 0 aliphatic rings. The third kappa shape index (κ3) is 3.66. The molecule has 0 fully saturated rings. The van der Waals surface area contributed by atoms with E-state index in [0.29, 0.717) is 0 Å². The van der Waals surface area contributed by atoms with Gasteiger partial charge in [-0.2, -0.15) is 0 Å². The molecule has 2 N–H and O–H groups in total. The van der Waals surface area contributed by atoms with Crippen LogP contribution in [0.1, 0.15) is 17.4 Å². The van der Waals surface area contributed by atoms with Crippen LogP contribution in [0.3, 0.4) is 0 Å². The molecule has 0 bridgehead atoms. The molecule has 18 heavy (non-hydrogen) atoms. The lowest BCUT2D eigenvalue weighted by molar-refractivity contribution is 0.0363. The number of rotatable bonds is 5. The Morgan fingerprint density at radius 1 is 1.44 bits per heavy atom. The fourth-order valence-electron chi connectivity index (χ4n) is 1.52. The van der Waals surface area contributed by atoms with E-state index in [0.717, 1.165) is 0 Å². The zero-order chi connectivity index (χ0) is 13.8. The van der Waals surface area contributed by atoms with E-state index in [-0.39, 0.29) is 36.5 Å². The van der Waals surface area contributed by atoms with E-state index >= 15 is 0 Å². The van der Waals surface area contributed by atoms with E-state index in [1.807, 2.05) is 0 Å². The molecule has 0 saturated heterocycles. The lowest BCUT2D eigenvalue weighted by atomic mass is 9.92. The monoisotopic (exact) mass is 272 g/mol. The second kappa shape index (κ2) is 6.13. The Balaban J connectivity index is 2.79. The average Bonchev–Trinajstić information content (AvgIpc) is 2.37. The molecule has 1 aromatic heterocycles. The number of hydrogen-bond donors (Lipinski definition) is 2. The highest BCUT2D eigenvalue weighted by Crippen LogP contribution is 2.17. The number of aliphatic hydroxyl groups is 2. The number of amides is 1. The van der Waals surface area contributed by atoms with E-state index in [4.69, 9.17) is 11.6 Å². The Kier molecular flexibility index (Phi) is 5.07. The summed E-state index contributed by atoms with van der Waals surface area (Å²) in [6.45, 7) is 1.52. The molecule has 0 aromatic carbocycles. The van der Waals surface area contributed by atoms with Crippen LogP contribution in [0.25, 0.3) is 0 Å². The van der Waals surface area contributed by atoms with Crippen LogP contribution in [0, 0.1) is 5.41 Å². The molecule has 100 valence electrons. The van der Waals surface area contributed by atoms with Crippen molar-refractivity contribution in [1.82, 2.24) is 9.88 Å². The first kappa shape index (κ1) is 14.9. The summed E-state index contributed by atoms with van der Waals surface area (Å²) >= 11 is 5.72. The van der Waals surface area contributed by atoms with Crippen molar-refractivity contribution in [2.75, 3.05) is 26.8 Å². The molecule has 1 rings (SSSR count). The minimum Gasteiger partial charge on any atom is -0.396 e. The van der Waals surface area contributed by atoms with Gasteiger partial charge < -0.3 is 15.1 Å². The average molecular weight is 273 g/mol. The molecule has 0 spiro atoms. The van der Waals surface area contributed by atoms with Gasteiger partial charge in [0.1, 0.15) is 10.8 Å². The smallest absolute Gasteiger partial charge is 0.272 e. The van der Waals surface area contributed by atoms with Crippen molar-refractivity contribution < 1.29 is 15.0 Å². The SMILES string of the molecule is CN(CC(C)(CO)CO)C(=O)c1cccc(Cl)n1. The molecule has 0 unspecified atom stereocenters. The number of hydrogen-bond acceptors (Lipinski definition) is 4. The highest BCUT2D eigenvalue weighted by molar-refractivity contribution is 6.29. The molecule has 5 nitrogen and oxygen atoms in total. The van der Waals surface area contributed by atoms with Crippen molar-refractivity contribution >= 4 is 17.5 Å². The first-order valence-corrected chi connectivity index (χ1v) is 5.89. The maximum Gasteiger partial charge on any atom is 0.272 e. The van der Waals surface area contributed by atoms with E-state index in [1.54, 1.807) is 32.2 Å². The van der Waals surface area contributed by atoms with Gasteiger partial charge in [0.2, 0.25) is 0 Å². The molecule has 0 aliphatic heterocycles. The molecule has 0 saturated carbocycles. The fourth-order valence-corrected chi connectivity index (χ4v) is 1.68. The Hall–Kier alpha value is -1.17. The lowest BCUT2D eigenvalue weighted by Gasteiger charge is -2.30. The van der Waals surface area contributed by atoms with Gasteiger partial charge in [-0.3, -0.25) is 4.79 Å². The minimum atomic E-state index is -0.733. The lowest BCUT2D eigenvalue weighted by Crippen LogP contribution is -2.41. The van der Waals surface area contributed by atoms with Crippen LogP contribution in [0.2, 0.25) is 5.15 Å². The van der Waals surface area contributed by atoms with Crippen LogP contribution in [-0.2, 0) is 0 Å². The van der Waals surface area contributed by atoms with Crippen molar-refractivity contribution in [2.24, 2.45) is 5.41 Å². The third-order valence-corrected chi connectivity index (χ3v) is 2.87. The van der Waals surface area contributed by atoms with Gasteiger partial charge in [-0.1, -0.05) is 24.6 Å². The predicted molar refractivity (Wildman–Crippen MR) is 68.5 cm³/mol. The summed E-state index contributed by atoms with van der Waals surface area (Å²) in [6, 6.07) is 4.80. The molecule has 1 aromatic rings. The van der Waals surface area contributed by atoms with Crippen LogP contribution in [0.15, 0.2) is 18.2 Å². The van der Waals surface area contributed by atoms with Crippen molar-refractivity contribution in [2.45, 2.75) is 6.92 Å². The highest BCUT2D eigenvalue weighted by atomic mass is 35.5. The first-order chi connectivity index (χ1) is 8.41. The van der Waals surface area contributed by atoms with Crippen LogP contribution >= 0.6 is 11.6 Å². The number of carbonyl (C=O) groups excluding carboxylic acids is 1. The first-order valence-electron chi connectivity index (χ1n) is 5.51. The number of pyridine rings is 1. The summed E-state index contributed by atoms with van der Waals surface area (Å²) in [5.74, 6) is -0.300. The fraction of sp³-hybridized carbons (Fsp3) is 0.500. The number of aliphatic hydroxyl groups excluding tert-OH is 2. The predicted octanol–water partition coefficient (Wildman–Crippen LogP) is 0.798. The summed E-state index contributed by atoms with van der Waals surface area (Å²) in [4.78, 5) is 17.4. The summed E-state index contributed by atoms with van der Waals surface area (Å²) in [5.41, 5.74) is -0.494. The van der Waals surface area contributed by atoms with Crippen molar-refractivity contribution in [1.29, 1.82) is 0 Å². The summed E-state index contributed by atoms with van der Waals surface area (Å²) < 4.78 is 0. The van der Waals surface area contributed by atoms with Crippen LogP contribution in [-0.4, -0.2) is 52.8 Å². The van der Waals surface area contributed by atoms with E-state index < -0.39 is 5.41 Å². The molecule has 0 radical (unpaired) electrons. The van der Waals surface area contributed by atoms with Crippen molar-refractivity contribution in [3.63, 3.8) is 0 Å². The van der Waals surface area contributed by atoms with Crippen LogP contribution in [0.5, 0.6) is 0 Å². The Morgan fingerprint density at radius 2 is 2.06 bits per heavy atom. The molecular weight excluding hydrogens is 256 g/mol. The standard InChI is InChI=1S/C12H17ClN2O3/c1-12(7-16,8-17)6-15(2)11(18)9-4-3-5-10(13)14-9/h3-5,16-17H,6-8H2,1-2H3. The molecule has 1 heterocycles. The summed E-state index contributed by atoms with van der Waals surface area (Å²) in [5, 5.41) is 18.6. The van der Waals surface area contributed by atoms with Crippen molar-refractivity contribution in [3.8, 4) is 0 Å². The van der Waals surface area contributed by atoms with E-state index in [2.05, 4.69) is 4.98 Å². The minimum absolute atomic E-state index is 0.204. The number of nitrogens with zero attached hydrogens (tertiary/aromatic N) is 2. The van der Waals surface area contributed by atoms with Gasteiger partial charge in [-0.15, -0.1) is 0 Å². The Morgan fingerprint density at radius 3 is 2.56 bits per heavy atom. The topological polar surface area (TPSA) is 73.7 Å².